The first-order valence-corrected chi connectivity index (χ1v) is 5.07. The largest absolute Gasteiger partial charge is 0.486 e. The van der Waals surface area contributed by atoms with Crippen molar-refractivity contribution in [3.05, 3.63) is 59.7 Å². The Kier molecular flexibility index (Phi) is 3.23. The number of halogens is 2. The smallest absolute Gasteiger partial charge is 0.165 e. The molecule has 17 heavy (non-hydrogen) atoms. The molecule has 0 spiro atoms. The number of ether oxygens (including phenoxy) is 1. The summed E-state index contributed by atoms with van der Waals surface area (Å²) in [6, 6.07) is 10.2. The molecule has 0 bridgehead atoms. The van der Waals surface area contributed by atoms with E-state index in [1.54, 1.807) is 18.2 Å². The number of para-hydroxylation sites is 1. The highest BCUT2D eigenvalue weighted by Gasteiger charge is 2.03. The molecule has 0 unspecified atom stereocenters. The van der Waals surface area contributed by atoms with Crippen molar-refractivity contribution in [1.82, 2.24) is 0 Å². The number of nitrogens with two attached hydrogens (primary N) is 1. The van der Waals surface area contributed by atoms with Gasteiger partial charge in [0.25, 0.3) is 0 Å². The van der Waals surface area contributed by atoms with Crippen molar-refractivity contribution < 1.29 is 13.5 Å². The Morgan fingerprint density at radius 2 is 1.82 bits per heavy atom. The first kappa shape index (κ1) is 11.4. The van der Waals surface area contributed by atoms with Gasteiger partial charge in [0.15, 0.2) is 11.6 Å². The number of benzene rings is 2. The second kappa shape index (κ2) is 4.82. The Hall–Kier alpha value is -2.10. The van der Waals surface area contributed by atoms with Crippen LogP contribution in [0.25, 0.3) is 0 Å². The third-order valence-corrected chi connectivity index (χ3v) is 2.21. The molecule has 0 saturated heterocycles. The molecular weight excluding hydrogens is 224 g/mol. The Morgan fingerprint density at radius 1 is 1.06 bits per heavy atom. The summed E-state index contributed by atoms with van der Waals surface area (Å²) in [6.07, 6.45) is 0. The van der Waals surface area contributed by atoms with Crippen LogP contribution in [-0.2, 0) is 6.61 Å². The van der Waals surface area contributed by atoms with Gasteiger partial charge in [-0.2, -0.15) is 0 Å². The van der Waals surface area contributed by atoms with E-state index in [2.05, 4.69) is 0 Å². The first-order valence-electron chi connectivity index (χ1n) is 5.07. The molecule has 0 radical (unpaired) electrons. The van der Waals surface area contributed by atoms with Crippen LogP contribution in [0.5, 0.6) is 5.75 Å². The van der Waals surface area contributed by atoms with E-state index < -0.39 is 11.6 Å². The van der Waals surface area contributed by atoms with Crippen LogP contribution in [0.4, 0.5) is 14.5 Å². The molecule has 2 aromatic carbocycles. The molecule has 0 aliphatic heterocycles. The van der Waals surface area contributed by atoms with Gasteiger partial charge in [-0.15, -0.1) is 0 Å². The third-order valence-electron chi connectivity index (χ3n) is 2.21. The van der Waals surface area contributed by atoms with E-state index in [1.807, 2.05) is 0 Å². The average molecular weight is 235 g/mol. The Balaban J connectivity index is 2.10. The third kappa shape index (κ3) is 2.93. The zero-order valence-electron chi connectivity index (χ0n) is 8.99. The van der Waals surface area contributed by atoms with Crippen molar-refractivity contribution in [1.29, 1.82) is 0 Å². The van der Waals surface area contributed by atoms with E-state index >= 15 is 0 Å². The van der Waals surface area contributed by atoms with Crippen molar-refractivity contribution in [3.63, 3.8) is 0 Å². The lowest BCUT2D eigenvalue weighted by Gasteiger charge is -2.07. The Bertz CT molecular complexity index is 508. The van der Waals surface area contributed by atoms with E-state index in [9.17, 15) is 8.78 Å². The van der Waals surface area contributed by atoms with Gasteiger partial charge in [0, 0.05) is 5.69 Å². The molecule has 0 atom stereocenters. The van der Waals surface area contributed by atoms with Crippen LogP contribution in [0.1, 0.15) is 5.56 Å². The van der Waals surface area contributed by atoms with Crippen LogP contribution in [0.15, 0.2) is 42.5 Å². The molecule has 2 nitrogen and oxygen atoms in total. The topological polar surface area (TPSA) is 35.2 Å². The number of hydrogen-bond acceptors (Lipinski definition) is 2. The van der Waals surface area contributed by atoms with Gasteiger partial charge in [-0.25, -0.2) is 8.78 Å². The van der Waals surface area contributed by atoms with Crippen LogP contribution in [0, 0.1) is 11.6 Å². The van der Waals surface area contributed by atoms with Crippen LogP contribution in [0.3, 0.4) is 0 Å². The minimum Gasteiger partial charge on any atom is -0.486 e. The molecule has 4 heteroatoms. The summed E-state index contributed by atoms with van der Waals surface area (Å²) in [5.74, 6) is -0.746. The molecule has 88 valence electrons. The summed E-state index contributed by atoms with van der Waals surface area (Å²) in [5.41, 5.74) is 6.37. The summed E-state index contributed by atoms with van der Waals surface area (Å²) in [4.78, 5) is 0. The number of hydrogen-bond donors (Lipinski definition) is 1. The molecule has 0 saturated carbocycles. The second-order valence-corrected chi connectivity index (χ2v) is 3.61. The van der Waals surface area contributed by atoms with Crippen molar-refractivity contribution in [3.8, 4) is 5.75 Å². The van der Waals surface area contributed by atoms with Gasteiger partial charge in [-0.3, -0.25) is 0 Å². The maximum atomic E-state index is 13.2. The minimum absolute atomic E-state index is 0.0723. The van der Waals surface area contributed by atoms with Crippen LogP contribution >= 0.6 is 0 Å². The zero-order valence-corrected chi connectivity index (χ0v) is 8.99. The summed E-state index contributed by atoms with van der Waals surface area (Å²) >= 11 is 0. The van der Waals surface area contributed by atoms with Crippen molar-refractivity contribution in [2.75, 3.05) is 5.73 Å². The lowest BCUT2D eigenvalue weighted by atomic mass is 10.2. The molecular formula is C13H11F2NO. The average Bonchev–Trinajstić information content (AvgIpc) is 2.27. The fourth-order valence-electron chi connectivity index (χ4n) is 1.48. The zero-order chi connectivity index (χ0) is 12.3. The highest BCUT2D eigenvalue weighted by Crippen LogP contribution is 2.18. The van der Waals surface area contributed by atoms with Gasteiger partial charge in [0.1, 0.15) is 12.4 Å². The number of rotatable bonds is 3. The Labute approximate surface area is 97.6 Å². The highest BCUT2D eigenvalue weighted by molar-refractivity contribution is 5.41. The van der Waals surface area contributed by atoms with Crippen molar-refractivity contribution in [2.45, 2.75) is 6.61 Å². The lowest BCUT2D eigenvalue weighted by molar-refractivity contribution is 0.290. The van der Waals surface area contributed by atoms with Crippen molar-refractivity contribution in [2.24, 2.45) is 0 Å². The standard InChI is InChI=1S/C13H11F2NO/c14-10-5-9(6-11(16)7-10)8-17-13-4-2-1-3-12(13)15/h1-7H,8,16H2. The molecule has 2 aromatic rings. The molecule has 2 rings (SSSR count). The van der Waals surface area contributed by atoms with E-state index in [-0.39, 0.29) is 12.4 Å². The Morgan fingerprint density at radius 3 is 2.53 bits per heavy atom. The van der Waals surface area contributed by atoms with E-state index in [0.717, 1.165) is 0 Å². The van der Waals surface area contributed by atoms with Crippen molar-refractivity contribution >= 4 is 5.69 Å². The SMILES string of the molecule is Nc1cc(F)cc(COc2ccccc2F)c1. The monoisotopic (exact) mass is 235 g/mol. The van der Waals surface area contributed by atoms with Gasteiger partial charge in [-0.1, -0.05) is 12.1 Å². The molecule has 0 amide bonds. The fraction of sp³-hybridized carbons (Fsp3) is 0.0769. The van der Waals surface area contributed by atoms with Crippen LogP contribution in [0.2, 0.25) is 0 Å². The minimum atomic E-state index is -0.447. The van der Waals surface area contributed by atoms with Gasteiger partial charge in [0.05, 0.1) is 0 Å². The summed E-state index contributed by atoms with van der Waals surface area (Å²) < 4.78 is 31.5. The fourth-order valence-corrected chi connectivity index (χ4v) is 1.48. The van der Waals surface area contributed by atoms with E-state index in [0.29, 0.717) is 11.3 Å². The highest BCUT2D eigenvalue weighted by atomic mass is 19.1. The van der Waals surface area contributed by atoms with E-state index in [1.165, 1.54) is 24.3 Å². The van der Waals surface area contributed by atoms with Gasteiger partial charge in [-0.05, 0) is 35.9 Å². The second-order valence-electron chi connectivity index (χ2n) is 3.61. The maximum Gasteiger partial charge on any atom is 0.165 e. The summed E-state index contributed by atoms with van der Waals surface area (Å²) in [5, 5.41) is 0. The van der Waals surface area contributed by atoms with Gasteiger partial charge in [0.2, 0.25) is 0 Å². The van der Waals surface area contributed by atoms with Gasteiger partial charge < -0.3 is 10.5 Å². The predicted molar refractivity (Wildman–Crippen MR) is 61.5 cm³/mol. The molecule has 0 aliphatic carbocycles. The van der Waals surface area contributed by atoms with Gasteiger partial charge >= 0.3 is 0 Å². The summed E-state index contributed by atoms with van der Waals surface area (Å²) in [6.45, 7) is 0.0723. The number of anilines is 1. The summed E-state index contributed by atoms with van der Waals surface area (Å²) in [7, 11) is 0. The molecule has 0 heterocycles. The molecule has 2 N–H and O–H groups in total. The quantitative estimate of drug-likeness (QED) is 0.829. The van der Waals surface area contributed by atoms with Crippen LogP contribution < -0.4 is 10.5 Å². The maximum absolute atomic E-state index is 13.2. The molecule has 0 aromatic heterocycles. The molecule has 0 fully saturated rings. The lowest BCUT2D eigenvalue weighted by Crippen LogP contribution is -1.99. The van der Waals surface area contributed by atoms with Crippen LogP contribution in [-0.4, -0.2) is 0 Å². The van der Waals surface area contributed by atoms with E-state index in [4.69, 9.17) is 10.5 Å². The number of nitrogen functional groups attached to an aromatic ring is 1. The predicted octanol–water partition coefficient (Wildman–Crippen LogP) is 3.13. The normalized spacial score (nSPS) is 10.2. The first-order chi connectivity index (χ1) is 8.15. The molecule has 0 aliphatic rings.